The van der Waals surface area contributed by atoms with E-state index in [2.05, 4.69) is 17.4 Å². The van der Waals surface area contributed by atoms with Crippen LogP contribution < -0.4 is 4.22 Å². The molecule has 0 saturated carbocycles. The number of rotatable bonds is 4. The van der Waals surface area contributed by atoms with Crippen molar-refractivity contribution >= 4 is 0 Å². The van der Waals surface area contributed by atoms with E-state index in [9.17, 15) is 0 Å². The molecule has 0 bridgehead atoms. The minimum absolute atomic E-state index is 1.32. The van der Waals surface area contributed by atoms with E-state index in [0.717, 1.165) is 0 Å². The molecule has 56 valence electrons. The van der Waals surface area contributed by atoms with Gasteiger partial charge in [-0.25, -0.2) is 0 Å². The molecule has 0 aromatic heterocycles. The van der Waals surface area contributed by atoms with Crippen LogP contribution in [0.4, 0.5) is 0 Å². The summed E-state index contributed by atoms with van der Waals surface area (Å²) >= 11 is -1.63. The second-order valence-corrected chi connectivity index (χ2v) is 10.4. The van der Waals surface area contributed by atoms with Gasteiger partial charge >= 0.3 is 62.4 Å². The second-order valence-electron chi connectivity index (χ2n) is 3.45. The van der Waals surface area contributed by atoms with Crippen LogP contribution in [0, 0.1) is 0 Å². The molecule has 0 radical (unpaired) electrons. The van der Waals surface area contributed by atoms with Crippen LogP contribution in [0.25, 0.3) is 0 Å². The standard InChI is InChI=1S/C5H11.2CH3.H2N.Ti/c1-3-5-4-2;;;;/h1,3-5H2,2H3;2*1H3;1H2;/q;;;-1;+1. The van der Waals surface area contributed by atoms with Crippen molar-refractivity contribution in [3.8, 4) is 0 Å². The first-order valence-corrected chi connectivity index (χ1v) is 8.98. The summed E-state index contributed by atoms with van der Waals surface area (Å²) in [6.45, 7) is 2.23. The molecule has 1 nitrogen and oxygen atoms in total. The van der Waals surface area contributed by atoms with Crippen LogP contribution in [0.3, 0.4) is 0 Å². The molecule has 0 aliphatic rings. The van der Waals surface area contributed by atoms with Gasteiger partial charge in [0.1, 0.15) is 0 Å². The maximum absolute atomic E-state index is 5.96. The molecule has 0 saturated heterocycles. The van der Waals surface area contributed by atoms with Crippen LogP contribution in [0.2, 0.25) is 15.2 Å². The summed E-state index contributed by atoms with van der Waals surface area (Å²) in [6, 6.07) is 0. The molecule has 0 heterocycles. The van der Waals surface area contributed by atoms with Gasteiger partial charge in [0.05, 0.1) is 0 Å². The van der Waals surface area contributed by atoms with Gasteiger partial charge in [-0.2, -0.15) is 0 Å². The van der Waals surface area contributed by atoms with E-state index < -0.39 is 16.8 Å². The fourth-order valence-electron chi connectivity index (χ4n) is 0.831. The summed E-state index contributed by atoms with van der Waals surface area (Å²) in [6.07, 6.45) is 4.05. The monoisotopic (exact) mass is 165 g/mol. The van der Waals surface area contributed by atoms with Gasteiger partial charge in [0.15, 0.2) is 0 Å². The van der Waals surface area contributed by atoms with Gasteiger partial charge in [-0.15, -0.1) is 0 Å². The Hall–Kier alpha value is 0.674. The number of unbranched alkanes of at least 4 members (excludes halogenated alkanes) is 2. The van der Waals surface area contributed by atoms with Crippen LogP contribution in [-0.2, 0) is 16.8 Å². The van der Waals surface area contributed by atoms with Crippen molar-refractivity contribution < 1.29 is 16.8 Å². The SMILES string of the molecule is CCCC[CH2][Ti]([CH3])([CH3])[NH2]. The Balaban J connectivity index is 3.07. The van der Waals surface area contributed by atoms with Crippen molar-refractivity contribution in [3.63, 3.8) is 0 Å². The van der Waals surface area contributed by atoms with E-state index in [1.165, 1.54) is 24.0 Å². The zero-order chi connectivity index (χ0) is 7.33. The molecule has 0 amide bonds. The van der Waals surface area contributed by atoms with Gasteiger partial charge < -0.3 is 0 Å². The Morgan fingerprint density at radius 2 is 1.78 bits per heavy atom. The Morgan fingerprint density at radius 1 is 1.22 bits per heavy atom. The van der Waals surface area contributed by atoms with Gasteiger partial charge in [-0.1, -0.05) is 0 Å². The molecule has 2 heteroatoms. The summed E-state index contributed by atoms with van der Waals surface area (Å²) in [7, 11) is 0. The molecule has 0 aliphatic heterocycles. The number of hydrogen-bond donors (Lipinski definition) is 1. The summed E-state index contributed by atoms with van der Waals surface area (Å²) in [5, 5.41) is 4.55. The molecule has 0 spiro atoms. The van der Waals surface area contributed by atoms with Crippen LogP contribution in [-0.4, -0.2) is 0 Å². The molecule has 9 heavy (non-hydrogen) atoms. The maximum atomic E-state index is 5.96. The molecule has 0 unspecified atom stereocenters. The van der Waals surface area contributed by atoms with Crippen molar-refractivity contribution in [1.82, 2.24) is 0 Å². The average molecular weight is 165 g/mol. The van der Waals surface area contributed by atoms with Gasteiger partial charge in [-0.05, 0) is 0 Å². The Morgan fingerprint density at radius 3 is 2.11 bits per heavy atom. The Kier molecular flexibility index (Phi) is 4.82. The van der Waals surface area contributed by atoms with Crippen LogP contribution >= 0.6 is 0 Å². The molecule has 0 aromatic carbocycles. The first kappa shape index (κ1) is 9.67. The van der Waals surface area contributed by atoms with Crippen LogP contribution in [0.15, 0.2) is 0 Å². The predicted octanol–water partition coefficient (Wildman–Crippen LogP) is 2.72. The third kappa shape index (κ3) is 8.67. The molecule has 2 N–H and O–H groups in total. The third-order valence-corrected chi connectivity index (χ3v) is 3.99. The van der Waals surface area contributed by atoms with Crippen molar-refractivity contribution in [2.45, 2.75) is 41.4 Å². The number of nitrogens with two attached hydrogens (primary N) is 1. The van der Waals surface area contributed by atoms with Gasteiger partial charge in [-0.3, -0.25) is 0 Å². The molecule has 0 rings (SSSR count). The molecule has 0 fully saturated rings. The zero-order valence-electron chi connectivity index (χ0n) is 6.91. The van der Waals surface area contributed by atoms with Gasteiger partial charge in [0, 0.05) is 0 Å². The summed E-state index contributed by atoms with van der Waals surface area (Å²) < 4.78 is 7.30. The molecule has 0 aromatic rings. The van der Waals surface area contributed by atoms with E-state index in [0.29, 0.717) is 0 Å². The van der Waals surface area contributed by atoms with Crippen LogP contribution in [0.1, 0.15) is 26.2 Å². The van der Waals surface area contributed by atoms with E-state index >= 15 is 0 Å². The Labute approximate surface area is 62.7 Å². The fourth-order valence-corrected chi connectivity index (χ4v) is 2.64. The van der Waals surface area contributed by atoms with Gasteiger partial charge in [0.25, 0.3) is 0 Å². The topological polar surface area (TPSA) is 26.0 Å². The summed E-state index contributed by atoms with van der Waals surface area (Å²) in [4.78, 5) is 0. The van der Waals surface area contributed by atoms with E-state index in [1.54, 1.807) is 0 Å². The van der Waals surface area contributed by atoms with Crippen molar-refractivity contribution in [2.75, 3.05) is 0 Å². The van der Waals surface area contributed by atoms with Crippen LogP contribution in [0.5, 0.6) is 0 Å². The van der Waals surface area contributed by atoms with E-state index in [4.69, 9.17) is 4.22 Å². The molecular formula is C7H19NTi. The second kappa shape index (κ2) is 4.48. The number of hydrogen-bond acceptors (Lipinski definition) is 1. The first-order chi connectivity index (χ1) is 4.06. The average Bonchev–Trinajstić information content (AvgIpc) is 1.63. The summed E-state index contributed by atoms with van der Waals surface area (Å²) in [5.74, 6) is 0. The third-order valence-electron chi connectivity index (χ3n) is 1.42. The quantitative estimate of drug-likeness (QED) is 0.503. The first-order valence-electron chi connectivity index (χ1n) is 3.85. The summed E-state index contributed by atoms with van der Waals surface area (Å²) in [5.41, 5.74) is 0. The molecule has 0 atom stereocenters. The van der Waals surface area contributed by atoms with Gasteiger partial charge in [0.2, 0.25) is 0 Å². The Bertz CT molecular complexity index is 65.8. The van der Waals surface area contributed by atoms with E-state index in [-0.39, 0.29) is 0 Å². The molecular weight excluding hydrogens is 146 g/mol. The van der Waals surface area contributed by atoms with Crippen molar-refractivity contribution in [1.29, 1.82) is 0 Å². The van der Waals surface area contributed by atoms with Crippen molar-refractivity contribution in [3.05, 3.63) is 0 Å². The zero-order valence-corrected chi connectivity index (χ0v) is 8.47. The molecule has 0 aliphatic carbocycles. The van der Waals surface area contributed by atoms with Crippen molar-refractivity contribution in [2.24, 2.45) is 4.22 Å². The fraction of sp³-hybridized carbons (Fsp3) is 1.00. The predicted molar refractivity (Wildman–Crippen MR) is 40.2 cm³/mol. The minimum atomic E-state index is -1.63. The van der Waals surface area contributed by atoms with E-state index in [1.807, 2.05) is 0 Å². The normalized spacial score (nSPS) is 12.0.